The van der Waals surface area contributed by atoms with Gasteiger partial charge in [0.05, 0.1) is 0 Å². The third kappa shape index (κ3) is 4.97. The second kappa shape index (κ2) is 6.89. The van der Waals surface area contributed by atoms with Crippen LogP contribution in [0.15, 0.2) is 0 Å². The molecule has 0 saturated carbocycles. The van der Waals surface area contributed by atoms with Crippen LogP contribution in [0.4, 0.5) is 0 Å². The Hall–Kier alpha value is -0.570. The Morgan fingerprint density at radius 1 is 1.50 bits per heavy atom. The van der Waals surface area contributed by atoms with Crippen LogP contribution in [0.5, 0.6) is 0 Å². The lowest BCUT2D eigenvalue weighted by Gasteiger charge is -2.29. The predicted molar refractivity (Wildman–Crippen MR) is 67.2 cm³/mol. The molecule has 1 rings (SSSR count). The standard InChI is InChI=1S/C13H26N2O/c1-10(2)4-5-13(16)15-9-12-8-14-7-6-11(12)3/h10-12,14H,4-9H2,1-3H3,(H,15,16). The van der Waals surface area contributed by atoms with Crippen LogP contribution in [-0.4, -0.2) is 25.5 Å². The fourth-order valence-electron chi connectivity index (χ4n) is 2.08. The summed E-state index contributed by atoms with van der Waals surface area (Å²) in [6.45, 7) is 9.60. The van der Waals surface area contributed by atoms with Crippen molar-refractivity contribution < 1.29 is 4.79 Å². The van der Waals surface area contributed by atoms with E-state index in [1.165, 1.54) is 6.42 Å². The highest BCUT2D eigenvalue weighted by Crippen LogP contribution is 2.17. The van der Waals surface area contributed by atoms with Crippen molar-refractivity contribution >= 4 is 5.91 Å². The first-order valence-corrected chi connectivity index (χ1v) is 6.57. The van der Waals surface area contributed by atoms with Crippen molar-refractivity contribution in [2.24, 2.45) is 17.8 Å². The molecule has 0 aromatic heterocycles. The number of nitrogens with one attached hydrogen (secondary N) is 2. The van der Waals surface area contributed by atoms with Gasteiger partial charge >= 0.3 is 0 Å². The van der Waals surface area contributed by atoms with Crippen molar-refractivity contribution in [3.8, 4) is 0 Å². The highest BCUT2D eigenvalue weighted by molar-refractivity contribution is 5.75. The van der Waals surface area contributed by atoms with E-state index in [1.807, 2.05) is 0 Å². The number of carbonyl (C=O) groups excluding carboxylic acids is 1. The average molecular weight is 226 g/mol. The van der Waals surface area contributed by atoms with Gasteiger partial charge in [-0.1, -0.05) is 20.8 Å². The highest BCUT2D eigenvalue weighted by Gasteiger charge is 2.21. The van der Waals surface area contributed by atoms with Crippen LogP contribution < -0.4 is 10.6 Å². The molecule has 1 aliphatic rings. The zero-order valence-electron chi connectivity index (χ0n) is 10.9. The van der Waals surface area contributed by atoms with Crippen LogP contribution in [0.1, 0.15) is 40.0 Å². The molecule has 1 fully saturated rings. The fraction of sp³-hybridized carbons (Fsp3) is 0.923. The summed E-state index contributed by atoms with van der Waals surface area (Å²) in [4.78, 5) is 11.6. The Balaban J connectivity index is 2.15. The van der Waals surface area contributed by atoms with E-state index >= 15 is 0 Å². The maximum Gasteiger partial charge on any atom is 0.220 e. The first-order valence-electron chi connectivity index (χ1n) is 6.57. The molecule has 3 nitrogen and oxygen atoms in total. The van der Waals surface area contributed by atoms with Gasteiger partial charge < -0.3 is 10.6 Å². The minimum absolute atomic E-state index is 0.214. The van der Waals surface area contributed by atoms with Crippen molar-refractivity contribution in [3.05, 3.63) is 0 Å². The van der Waals surface area contributed by atoms with Gasteiger partial charge in [-0.15, -0.1) is 0 Å². The molecule has 2 unspecified atom stereocenters. The maximum atomic E-state index is 11.6. The van der Waals surface area contributed by atoms with Crippen molar-refractivity contribution in [2.45, 2.75) is 40.0 Å². The van der Waals surface area contributed by atoms with E-state index in [0.29, 0.717) is 18.3 Å². The zero-order chi connectivity index (χ0) is 12.0. The van der Waals surface area contributed by atoms with Gasteiger partial charge in [0.1, 0.15) is 0 Å². The summed E-state index contributed by atoms with van der Waals surface area (Å²) in [5.74, 6) is 2.16. The molecule has 0 aromatic rings. The van der Waals surface area contributed by atoms with Crippen LogP contribution in [0.2, 0.25) is 0 Å². The van der Waals surface area contributed by atoms with E-state index in [-0.39, 0.29) is 5.91 Å². The number of rotatable bonds is 5. The van der Waals surface area contributed by atoms with Gasteiger partial charge in [-0.2, -0.15) is 0 Å². The maximum absolute atomic E-state index is 11.6. The molecule has 0 aliphatic carbocycles. The third-order valence-electron chi connectivity index (χ3n) is 3.50. The molecule has 1 amide bonds. The van der Waals surface area contributed by atoms with Gasteiger partial charge in [-0.25, -0.2) is 0 Å². The monoisotopic (exact) mass is 226 g/mol. The highest BCUT2D eigenvalue weighted by atomic mass is 16.1. The molecule has 2 N–H and O–H groups in total. The van der Waals surface area contributed by atoms with Gasteiger partial charge in [0.15, 0.2) is 0 Å². The van der Waals surface area contributed by atoms with Crippen molar-refractivity contribution in [3.63, 3.8) is 0 Å². The van der Waals surface area contributed by atoms with Crippen LogP contribution in [0.25, 0.3) is 0 Å². The van der Waals surface area contributed by atoms with E-state index in [1.54, 1.807) is 0 Å². The van der Waals surface area contributed by atoms with Gasteiger partial charge in [0.25, 0.3) is 0 Å². The molecule has 0 aromatic carbocycles. The second-order valence-corrected chi connectivity index (χ2v) is 5.47. The predicted octanol–water partition coefficient (Wildman–Crippen LogP) is 1.78. The van der Waals surface area contributed by atoms with E-state index in [2.05, 4.69) is 31.4 Å². The van der Waals surface area contributed by atoms with Crippen molar-refractivity contribution in [1.29, 1.82) is 0 Å². The van der Waals surface area contributed by atoms with E-state index in [4.69, 9.17) is 0 Å². The SMILES string of the molecule is CC(C)CCC(=O)NCC1CNCCC1C. The summed E-state index contributed by atoms with van der Waals surface area (Å²) in [5, 5.41) is 6.45. The quantitative estimate of drug-likeness (QED) is 0.750. The summed E-state index contributed by atoms with van der Waals surface area (Å²) in [6.07, 6.45) is 2.89. The average Bonchev–Trinajstić information content (AvgIpc) is 2.25. The van der Waals surface area contributed by atoms with E-state index in [0.717, 1.165) is 32.0 Å². The molecule has 3 heteroatoms. The number of carbonyl (C=O) groups is 1. The molecule has 1 aliphatic heterocycles. The number of hydrogen-bond donors (Lipinski definition) is 2. The van der Waals surface area contributed by atoms with E-state index < -0.39 is 0 Å². The van der Waals surface area contributed by atoms with Crippen LogP contribution in [-0.2, 0) is 4.79 Å². The topological polar surface area (TPSA) is 41.1 Å². The lowest BCUT2D eigenvalue weighted by atomic mass is 9.88. The molecule has 1 saturated heterocycles. The van der Waals surface area contributed by atoms with Gasteiger partial charge in [-0.05, 0) is 43.7 Å². The summed E-state index contributed by atoms with van der Waals surface area (Å²) >= 11 is 0. The molecule has 1 heterocycles. The Morgan fingerprint density at radius 3 is 2.88 bits per heavy atom. The molecule has 0 spiro atoms. The smallest absolute Gasteiger partial charge is 0.220 e. The first-order chi connectivity index (χ1) is 7.59. The largest absolute Gasteiger partial charge is 0.356 e. The van der Waals surface area contributed by atoms with Crippen LogP contribution in [0, 0.1) is 17.8 Å². The summed E-state index contributed by atoms with van der Waals surface area (Å²) in [6, 6.07) is 0. The molecule has 94 valence electrons. The first kappa shape index (κ1) is 13.5. The van der Waals surface area contributed by atoms with E-state index in [9.17, 15) is 4.79 Å². The molecule has 0 radical (unpaired) electrons. The van der Waals surface area contributed by atoms with Crippen molar-refractivity contribution in [2.75, 3.05) is 19.6 Å². The third-order valence-corrected chi connectivity index (χ3v) is 3.50. The van der Waals surface area contributed by atoms with Crippen LogP contribution >= 0.6 is 0 Å². The zero-order valence-corrected chi connectivity index (χ0v) is 10.9. The summed E-state index contributed by atoms with van der Waals surface area (Å²) in [5.41, 5.74) is 0. The number of piperidine rings is 1. The second-order valence-electron chi connectivity index (χ2n) is 5.47. The Labute approximate surface area is 99.4 Å². The lowest BCUT2D eigenvalue weighted by Crippen LogP contribution is -2.42. The minimum Gasteiger partial charge on any atom is -0.356 e. The molecule has 16 heavy (non-hydrogen) atoms. The molecule has 2 atom stereocenters. The Morgan fingerprint density at radius 2 is 2.25 bits per heavy atom. The van der Waals surface area contributed by atoms with Gasteiger partial charge in [0.2, 0.25) is 5.91 Å². The minimum atomic E-state index is 0.214. The number of hydrogen-bond acceptors (Lipinski definition) is 2. The molecular formula is C13H26N2O. The Bertz CT molecular complexity index is 216. The normalized spacial score (nSPS) is 25.8. The lowest BCUT2D eigenvalue weighted by molar-refractivity contribution is -0.121. The van der Waals surface area contributed by atoms with Gasteiger partial charge in [-0.3, -0.25) is 4.79 Å². The fourth-order valence-corrected chi connectivity index (χ4v) is 2.08. The summed E-state index contributed by atoms with van der Waals surface area (Å²) in [7, 11) is 0. The number of amides is 1. The molecule has 0 bridgehead atoms. The van der Waals surface area contributed by atoms with Crippen LogP contribution in [0.3, 0.4) is 0 Å². The summed E-state index contributed by atoms with van der Waals surface area (Å²) < 4.78 is 0. The molecular weight excluding hydrogens is 200 g/mol. The van der Waals surface area contributed by atoms with Gasteiger partial charge in [0, 0.05) is 13.0 Å². The van der Waals surface area contributed by atoms with Crippen molar-refractivity contribution in [1.82, 2.24) is 10.6 Å². The Kier molecular flexibility index (Phi) is 5.81.